The number of benzene rings is 2. The number of amides is 2. The number of halogens is 5. The van der Waals surface area contributed by atoms with Gasteiger partial charge in [-0.2, -0.15) is 13.2 Å². The lowest BCUT2D eigenvalue weighted by Gasteiger charge is -2.31. The van der Waals surface area contributed by atoms with Crippen molar-refractivity contribution in [2.45, 2.75) is 58.3 Å². The summed E-state index contributed by atoms with van der Waals surface area (Å²) in [6.45, 7) is 3.87. The molecule has 13 heteroatoms. The molecule has 0 saturated carbocycles. The Labute approximate surface area is 237 Å². The fourth-order valence-electron chi connectivity index (χ4n) is 3.96. The van der Waals surface area contributed by atoms with Gasteiger partial charge in [0.25, 0.3) is 0 Å². The summed E-state index contributed by atoms with van der Waals surface area (Å²) < 4.78 is 65.2. The number of sulfonamides is 1. The van der Waals surface area contributed by atoms with Crippen molar-refractivity contribution in [1.82, 2.24) is 10.2 Å². The number of rotatable bonds is 13. The minimum Gasteiger partial charge on any atom is -0.354 e. The molecule has 2 rings (SSSR count). The molecule has 0 heterocycles. The van der Waals surface area contributed by atoms with Gasteiger partial charge in [-0.3, -0.25) is 13.9 Å². The first-order valence-corrected chi connectivity index (χ1v) is 15.0. The zero-order valence-electron chi connectivity index (χ0n) is 21.9. The van der Waals surface area contributed by atoms with Gasteiger partial charge in [-0.05, 0) is 55.2 Å². The van der Waals surface area contributed by atoms with E-state index in [4.69, 9.17) is 23.2 Å². The summed E-state index contributed by atoms with van der Waals surface area (Å²) in [6, 6.07) is 7.97. The number of carbonyl (C=O) groups excluding carboxylic acids is 2. The predicted molar refractivity (Wildman–Crippen MR) is 147 cm³/mol. The minimum absolute atomic E-state index is 0.0000120. The normalized spacial score (nSPS) is 12.6. The highest BCUT2D eigenvalue weighted by atomic mass is 35.5. The maximum absolute atomic E-state index is 13.4. The summed E-state index contributed by atoms with van der Waals surface area (Å²) in [5, 5.41) is 3.52. The zero-order chi connectivity index (χ0) is 29.4. The van der Waals surface area contributed by atoms with Crippen molar-refractivity contribution in [2.24, 2.45) is 0 Å². The maximum Gasteiger partial charge on any atom is 0.416 e. The van der Waals surface area contributed by atoms with E-state index in [-0.39, 0.29) is 37.5 Å². The summed E-state index contributed by atoms with van der Waals surface area (Å²) in [4.78, 5) is 27.7. The van der Waals surface area contributed by atoms with Gasteiger partial charge in [0.05, 0.1) is 17.5 Å². The Kier molecular flexibility index (Phi) is 11.9. The van der Waals surface area contributed by atoms with Crippen LogP contribution in [0, 0.1) is 0 Å². The van der Waals surface area contributed by atoms with E-state index in [1.54, 1.807) is 19.1 Å². The minimum atomic E-state index is -4.65. The smallest absolute Gasteiger partial charge is 0.354 e. The second-order valence-corrected chi connectivity index (χ2v) is 11.7. The summed E-state index contributed by atoms with van der Waals surface area (Å²) in [5.74, 6) is -0.767. The number of carbonyl (C=O) groups is 2. The van der Waals surface area contributed by atoms with Crippen LogP contribution in [0.25, 0.3) is 0 Å². The van der Waals surface area contributed by atoms with Crippen molar-refractivity contribution in [3.63, 3.8) is 0 Å². The van der Waals surface area contributed by atoms with Crippen molar-refractivity contribution in [1.29, 1.82) is 0 Å². The topological polar surface area (TPSA) is 86.8 Å². The average molecular weight is 611 g/mol. The van der Waals surface area contributed by atoms with Gasteiger partial charge < -0.3 is 10.2 Å². The number of anilines is 1. The molecule has 2 amide bonds. The van der Waals surface area contributed by atoms with Crippen LogP contribution in [-0.4, -0.2) is 50.5 Å². The van der Waals surface area contributed by atoms with Crippen molar-refractivity contribution < 1.29 is 31.2 Å². The van der Waals surface area contributed by atoms with Crippen LogP contribution in [0.2, 0.25) is 10.0 Å². The molecule has 0 spiro atoms. The van der Waals surface area contributed by atoms with Gasteiger partial charge in [0.15, 0.2) is 0 Å². The number of hydrogen-bond donors (Lipinski definition) is 1. The van der Waals surface area contributed by atoms with Crippen LogP contribution < -0.4 is 9.62 Å². The van der Waals surface area contributed by atoms with E-state index in [0.29, 0.717) is 35.0 Å². The van der Waals surface area contributed by atoms with Gasteiger partial charge in [0, 0.05) is 36.1 Å². The van der Waals surface area contributed by atoms with E-state index in [1.807, 2.05) is 6.92 Å². The monoisotopic (exact) mass is 609 g/mol. The van der Waals surface area contributed by atoms with Crippen LogP contribution in [0.1, 0.15) is 50.7 Å². The number of alkyl halides is 3. The molecule has 0 aliphatic heterocycles. The molecule has 0 aromatic heterocycles. The third-order valence-electron chi connectivity index (χ3n) is 5.90. The van der Waals surface area contributed by atoms with E-state index in [9.17, 15) is 31.2 Å². The number of nitrogens with zero attached hydrogens (tertiary/aromatic N) is 2. The van der Waals surface area contributed by atoms with Crippen molar-refractivity contribution in [2.75, 3.05) is 23.7 Å². The standard InChI is InChI=1S/C26H32Cl2F3N3O4S/c1-4-13-32-25(36)23(5-2)33(17-18-11-12-20(27)16-22(18)28)24(35)10-7-14-34(39(3,37)38)21-9-6-8-19(15-21)26(29,30)31/h6,8-9,11-12,15-16,23H,4-5,7,10,13-14,17H2,1-3H3,(H,32,36). The van der Waals surface area contributed by atoms with E-state index >= 15 is 0 Å². The maximum atomic E-state index is 13.4. The Morgan fingerprint density at radius 2 is 1.77 bits per heavy atom. The molecule has 39 heavy (non-hydrogen) atoms. The van der Waals surface area contributed by atoms with Crippen molar-refractivity contribution in [3.05, 3.63) is 63.6 Å². The second kappa shape index (κ2) is 14.2. The van der Waals surface area contributed by atoms with Crippen LogP contribution in [0.3, 0.4) is 0 Å². The molecule has 2 aromatic carbocycles. The second-order valence-electron chi connectivity index (χ2n) is 8.96. The number of nitrogens with one attached hydrogen (secondary N) is 1. The molecule has 0 aliphatic rings. The largest absolute Gasteiger partial charge is 0.416 e. The predicted octanol–water partition coefficient (Wildman–Crippen LogP) is 5.89. The van der Waals surface area contributed by atoms with Gasteiger partial charge in [0.2, 0.25) is 21.8 Å². The van der Waals surface area contributed by atoms with E-state index in [1.165, 1.54) is 17.0 Å². The highest BCUT2D eigenvalue weighted by Gasteiger charge is 2.32. The average Bonchev–Trinajstić information content (AvgIpc) is 2.85. The SMILES string of the molecule is CCCNC(=O)C(CC)N(Cc1ccc(Cl)cc1Cl)C(=O)CCCN(c1cccc(C(F)(F)F)c1)S(C)(=O)=O. The number of hydrogen-bond acceptors (Lipinski definition) is 4. The molecule has 216 valence electrons. The van der Waals surface area contributed by atoms with Gasteiger partial charge in [-0.25, -0.2) is 8.42 Å². The molecule has 1 unspecified atom stereocenters. The van der Waals surface area contributed by atoms with Gasteiger partial charge in [-0.1, -0.05) is 49.2 Å². The Morgan fingerprint density at radius 3 is 2.33 bits per heavy atom. The van der Waals surface area contributed by atoms with Gasteiger partial charge in [-0.15, -0.1) is 0 Å². The van der Waals surface area contributed by atoms with Crippen LogP contribution in [-0.2, 0) is 32.3 Å². The van der Waals surface area contributed by atoms with Crippen LogP contribution in [0.4, 0.5) is 18.9 Å². The summed E-state index contributed by atoms with van der Waals surface area (Å²) >= 11 is 12.3. The Bertz CT molecular complexity index is 1260. The third kappa shape index (κ3) is 9.58. The first-order chi connectivity index (χ1) is 18.2. The van der Waals surface area contributed by atoms with E-state index in [2.05, 4.69) is 5.32 Å². The molecule has 1 N–H and O–H groups in total. The fraction of sp³-hybridized carbons (Fsp3) is 0.462. The highest BCUT2D eigenvalue weighted by Crippen LogP contribution is 2.32. The molecule has 0 saturated heterocycles. The molecular weight excluding hydrogens is 578 g/mol. The van der Waals surface area contributed by atoms with Crippen LogP contribution in [0.5, 0.6) is 0 Å². The zero-order valence-corrected chi connectivity index (χ0v) is 24.2. The summed E-state index contributed by atoms with van der Waals surface area (Å²) in [6.07, 6.45) is -2.91. The first-order valence-electron chi connectivity index (χ1n) is 12.3. The van der Waals surface area contributed by atoms with E-state index < -0.39 is 33.7 Å². The summed E-state index contributed by atoms with van der Waals surface area (Å²) in [7, 11) is -3.95. The fourth-order valence-corrected chi connectivity index (χ4v) is 5.39. The first kappa shape index (κ1) is 32.7. The Morgan fingerprint density at radius 1 is 1.08 bits per heavy atom. The Balaban J connectivity index is 2.28. The van der Waals surface area contributed by atoms with Crippen LogP contribution >= 0.6 is 23.2 Å². The lowest BCUT2D eigenvalue weighted by Crippen LogP contribution is -2.49. The van der Waals surface area contributed by atoms with Crippen molar-refractivity contribution in [3.8, 4) is 0 Å². The molecule has 0 aliphatic carbocycles. The molecule has 0 bridgehead atoms. The van der Waals surface area contributed by atoms with E-state index in [0.717, 1.165) is 28.8 Å². The molecule has 7 nitrogen and oxygen atoms in total. The highest BCUT2D eigenvalue weighted by molar-refractivity contribution is 7.92. The molecular formula is C26H32Cl2F3N3O4S. The van der Waals surface area contributed by atoms with Gasteiger partial charge >= 0.3 is 6.18 Å². The molecule has 0 radical (unpaired) electrons. The van der Waals surface area contributed by atoms with Crippen LogP contribution in [0.15, 0.2) is 42.5 Å². The molecule has 1 atom stereocenters. The lowest BCUT2D eigenvalue weighted by molar-refractivity contribution is -0.141. The van der Waals surface area contributed by atoms with Gasteiger partial charge in [0.1, 0.15) is 6.04 Å². The quantitative estimate of drug-likeness (QED) is 0.307. The summed E-state index contributed by atoms with van der Waals surface area (Å²) in [5.41, 5.74) is -0.576. The molecule has 0 fully saturated rings. The van der Waals surface area contributed by atoms with Crippen molar-refractivity contribution >= 4 is 50.7 Å². The Hall–Kier alpha value is -2.50. The molecule has 2 aromatic rings. The lowest BCUT2D eigenvalue weighted by atomic mass is 10.1. The third-order valence-corrected chi connectivity index (χ3v) is 7.69.